The SMILES string of the molecule is CC(C)(C)OC(=O)CC[C@]1(C(=O)NCCc2ccccc2F)COC(c2ccc(OCCCO)cc2)=N1. The highest BCUT2D eigenvalue weighted by molar-refractivity contribution is 6.00. The number of aliphatic hydroxyl groups is 1. The minimum Gasteiger partial charge on any atom is -0.494 e. The Morgan fingerprint density at radius 3 is 2.57 bits per heavy atom. The zero-order valence-corrected chi connectivity index (χ0v) is 21.6. The highest BCUT2D eigenvalue weighted by Crippen LogP contribution is 2.29. The Bertz CT molecular complexity index is 1100. The van der Waals surface area contributed by atoms with Gasteiger partial charge in [0.25, 0.3) is 5.91 Å². The van der Waals surface area contributed by atoms with E-state index in [-0.39, 0.29) is 44.3 Å². The van der Waals surface area contributed by atoms with Gasteiger partial charge in [-0.3, -0.25) is 9.59 Å². The zero-order chi connectivity index (χ0) is 26.9. The fourth-order valence-corrected chi connectivity index (χ4v) is 3.78. The van der Waals surface area contributed by atoms with Crippen molar-refractivity contribution in [1.29, 1.82) is 0 Å². The summed E-state index contributed by atoms with van der Waals surface area (Å²) >= 11 is 0. The second kappa shape index (κ2) is 12.7. The maximum Gasteiger partial charge on any atom is 0.306 e. The fourth-order valence-electron chi connectivity index (χ4n) is 3.78. The number of carbonyl (C=O) groups excluding carboxylic acids is 2. The Kier molecular flexibility index (Phi) is 9.63. The zero-order valence-electron chi connectivity index (χ0n) is 21.6. The Morgan fingerprint density at radius 2 is 1.89 bits per heavy atom. The summed E-state index contributed by atoms with van der Waals surface area (Å²) < 4.78 is 30.8. The van der Waals surface area contributed by atoms with Gasteiger partial charge in [-0.1, -0.05) is 18.2 Å². The van der Waals surface area contributed by atoms with Gasteiger partial charge >= 0.3 is 5.97 Å². The predicted octanol–water partition coefficient (Wildman–Crippen LogP) is 3.58. The minimum absolute atomic E-state index is 0.0181. The predicted molar refractivity (Wildman–Crippen MR) is 137 cm³/mol. The Hall–Kier alpha value is -3.46. The van der Waals surface area contributed by atoms with Gasteiger partial charge in [0.2, 0.25) is 5.90 Å². The molecule has 200 valence electrons. The molecule has 0 spiro atoms. The number of nitrogens with zero attached hydrogens (tertiary/aromatic N) is 1. The molecule has 2 N–H and O–H groups in total. The Labute approximate surface area is 216 Å². The highest BCUT2D eigenvalue weighted by Gasteiger charge is 2.44. The lowest BCUT2D eigenvalue weighted by molar-refractivity contribution is -0.155. The first-order chi connectivity index (χ1) is 17.6. The van der Waals surface area contributed by atoms with Crippen LogP contribution < -0.4 is 10.1 Å². The standard InChI is InChI=1S/C28H35FN2O6/c1-27(2,3)37-24(33)13-15-28(26(34)30-16-14-20-7-4-5-8-23(20)29)19-36-25(31-28)21-9-11-22(12-10-21)35-18-6-17-32/h4-5,7-12,32H,6,13-19H2,1-3H3,(H,30,34)/t28-/m1/s1. The largest absolute Gasteiger partial charge is 0.494 e. The van der Waals surface area contributed by atoms with Crippen LogP contribution in [0, 0.1) is 5.82 Å². The van der Waals surface area contributed by atoms with Crippen molar-refractivity contribution in [2.45, 2.75) is 57.6 Å². The van der Waals surface area contributed by atoms with E-state index in [0.717, 1.165) is 0 Å². The second-order valence-corrected chi connectivity index (χ2v) is 9.87. The van der Waals surface area contributed by atoms with E-state index in [9.17, 15) is 14.0 Å². The molecule has 1 aliphatic heterocycles. The van der Waals surface area contributed by atoms with E-state index in [0.29, 0.717) is 36.3 Å². The summed E-state index contributed by atoms with van der Waals surface area (Å²) in [5.74, 6) is -0.233. The van der Waals surface area contributed by atoms with Gasteiger partial charge in [0.1, 0.15) is 23.8 Å². The second-order valence-electron chi connectivity index (χ2n) is 9.87. The molecule has 37 heavy (non-hydrogen) atoms. The van der Waals surface area contributed by atoms with Gasteiger partial charge in [-0.05, 0) is 69.5 Å². The molecule has 0 radical (unpaired) electrons. The summed E-state index contributed by atoms with van der Waals surface area (Å²) in [4.78, 5) is 30.4. The van der Waals surface area contributed by atoms with Gasteiger partial charge in [-0.15, -0.1) is 0 Å². The van der Waals surface area contributed by atoms with Crippen LogP contribution in [0.25, 0.3) is 0 Å². The van der Waals surface area contributed by atoms with Crippen LogP contribution in [0.5, 0.6) is 5.75 Å². The van der Waals surface area contributed by atoms with E-state index in [1.54, 1.807) is 63.2 Å². The molecule has 3 rings (SSSR count). The van der Waals surface area contributed by atoms with E-state index in [1.165, 1.54) is 6.07 Å². The van der Waals surface area contributed by atoms with Crippen LogP contribution in [0.4, 0.5) is 4.39 Å². The molecular formula is C28H35FN2O6. The summed E-state index contributed by atoms with van der Waals surface area (Å²) in [5, 5.41) is 11.7. The van der Waals surface area contributed by atoms with Gasteiger partial charge in [-0.2, -0.15) is 0 Å². The molecule has 0 saturated carbocycles. The Balaban J connectivity index is 1.73. The number of nitrogens with one attached hydrogen (secondary N) is 1. The number of halogens is 1. The molecule has 9 heteroatoms. The number of aliphatic imine (C=N–C) groups is 1. The number of rotatable bonds is 12. The molecule has 0 fully saturated rings. The molecule has 0 saturated heterocycles. The molecule has 0 aliphatic carbocycles. The average molecular weight is 515 g/mol. The van der Waals surface area contributed by atoms with E-state index in [1.807, 2.05) is 0 Å². The van der Waals surface area contributed by atoms with Crippen LogP contribution >= 0.6 is 0 Å². The van der Waals surface area contributed by atoms with Crippen molar-refractivity contribution in [1.82, 2.24) is 5.32 Å². The third kappa shape index (κ3) is 8.28. The third-order valence-electron chi connectivity index (χ3n) is 5.66. The number of aliphatic hydroxyl groups excluding tert-OH is 1. The quantitative estimate of drug-likeness (QED) is 0.331. The van der Waals surface area contributed by atoms with Crippen LogP contribution in [0.2, 0.25) is 0 Å². The maximum absolute atomic E-state index is 14.0. The van der Waals surface area contributed by atoms with Crippen LogP contribution in [0.15, 0.2) is 53.5 Å². The van der Waals surface area contributed by atoms with Crippen molar-refractivity contribution in [3.05, 3.63) is 65.5 Å². The summed E-state index contributed by atoms with van der Waals surface area (Å²) in [6, 6.07) is 13.5. The molecule has 0 aromatic heterocycles. The number of amides is 1. The number of esters is 1. The third-order valence-corrected chi connectivity index (χ3v) is 5.66. The molecular weight excluding hydrogens is 479 g/mol. The van der Waals surface area contributed by atoms with Crippen molar-refractivity contribution in [3.8, 4) is 5.75 Å². The van der Waals surface area contributed by atoms with Gasteiger partial charge in [0.15, 0.2) is 5.54 Å². The van der Waals surface area contributed by atoms with Gasteiger partial charge < -0.3 is 24.6 Å². The molecule has 2 aromatic carbocycles. The minimum atomic E-state index is -1.32. The lowest BCUT2D eigenvalue weighted by Gasteiger charge is -2.24. The molecule has 0 unspecified atom stereocenters. The van der Waals surface area contributed by atoms with Crippen LogP contribution in [0.1, 0.15) is 51.2 Å². The van der Waals surface area contributed by atoms with E-state index < -0.39 is 23.0 Å². The monoisotopic (exact) mass is 514 g/mol. The molecule has 1 aliphatic rings. The molecule has 1 heterocycles. The number of benzene rings is 2. The molecule has 8 nitrogen and oxygen atoms in total. The number of hydrogen-bond acceptors (Lipinski definition) is 7. The molecule has 2 aromatic rings. The van der Waals surface area contributed by atoms with Crippen LogP contribution in [0.3, 0.4) is 0 Å². The number of carbonyl (C=O) groups is 2. The van der Waals surface area contributed by atoms with Crippen molar-refractivity contribution in [2.75, 3.05) is 26.4 Å². The average Bonchev–Trinajstić information content (AvgIpc) is 3.29. The first-order valence-corrected chi connectivity index (χ1v) is 12.4. The smallest absolute Gasteiger partial charge is 0.306 e. The van der Waals surface area contributed by atoms with Gasteiger partial charge in [0.05, 0.1) is 6.61 Å². The van der Waals surface area contributed by atoms with Crippen molar-refractivity contribution >= 4 is 17.8 Å². The summed E-state index contributed by atoms with van der Waals surface area (Å²) in [5.41, 5.74) is -0.808. The maximum atomic E-state index is 14.0. The first kappa shape index (κ1) is 28.1. The summed E-state index contributed by atoms with van der Waals surface area (Å²) in [6.45, 7) is 5.96. The van der Waals surface area contributed by atoms with E-state index >= 15 is 0 Å². The van der Waals surface area contributed by atoms with Crippen LogP contribution in [-0.2, 0) is 25.5 Å². The molecule has 1 amide bonds. The Morgan fingerprint density at radius 1 is 1.16 bits per heavy atom. The summed E-state index contributed by atoms with van der Waals surface area (Å²) in [6.07, 6.45) is 0.925. The fraction of sp³-hybridized carbons (Fsp3) is 0.464. The topological polar surface area (TPSA) is 106 Å². The molecule has 0 bridgehead atoms. The first-order valence-electron chi connectivity index (χ1n) is 12.4. The lowest BCUT2D eigenvalue weighted by atomic mass is 9.94. The lowest BCUT2D eigenvalue weighted by Crippen LogP contribution is -2.47. The number of hydrogen-bond donors (Lipinski definition) is 2. The number of ether oxygens (including phenoxy) is 3. The van der Waals surface area contributed by atoms with Gasteiger partial charge in [0, 0.05) is 31.6 Å². The van der Waals surface area contributed by atoms with E-state index in [4.69, 9.17) is 19.3 Å². The van der Waals surface area contributed by atoms with E-state index in [2.05, 4.69) is 10.3 Å². The van der Waals surface area contributed by atoms with Crippen molar-refractivity contribution in [3.63, 3.8) is 0 Å². The van der Waals surface area contributed by atoms with Gasteiger partial charge in [-0.25, -0.2) is 9.38 Å². The van der Waals surface area contributed by atoms with Crippen molar-refractivity contribution in [2.24, 2.45) is 4.99 Å². The highest BCUT2D eigenvalue weighted by atomic mass is 19.1. The van der Waals surface area contributed by atoms with Crippen LogP contribution in [-0.4, -0.2) is 60.4 Å². The van der Waals surface area contributed by atoms with Crippen molar-refractivity contribution < 1.29 is 33.3 Å². The molecule has 1 atom stereocenters. The normalized spacial score (nSPS) is 17.1. The summed E-state index contributed by atoms with van der Waals surface area (Å²) in [7, 11) is 0.